The summed E-state index contributed by atoms with van der Waals surface area (Å²) in [6.07, 6.45) is -4.44. The Hall–Kier alpha value is -1.03. The molecule has 0 N–H and O–H groups in total. The van der Waals surface area contributed by atoms with Crippen molar-refractivity contribution in [3.05, 3.63) is 35.4 Å². The quantitative estimate of drug-likeness (QED) is 0.567. The fraction of sp³-hybridized carbons (Fsp3) is 0.300. The molecule has 0 radical (unpaired) electrons. The third kappa shape index (κ3) is 2.96. The molecule has 1 aromatic rings. The number of halogens is 4. The normalized spacial score (nSPS) is 13.7. The van der Waals surface area contributed by atoms with Gasteiger partial charge in [-0.2, -0.15) is 13.2 Å². The van der Waals surface area contributed by atoms with Crippen molar-refractivity contribution >= 4 is 17.4 Å². The summed E-state index contributed by atoms with van der Waals surface area (Å²) in [6, 6.07) is 4.22. The maximum Gasteiger partial charge on any atom is 0.416 e. The molecule has 1 nitrogen and oxygen atoms in total. The largest absolute Gasteiger partial charge is 0.416 e. The first kappa shape index (κ1) is 12.0. The maximum absolute atomic E-state index is 12.3. The van der Waals surface area contributed by atoms with E-state index < -0.39 is 22.9 Å². The molecule has 0 aliphatic rings. The Kier molecular flexibility index (Phi) is 3.39. The average Bonchev–Trinajstić information content (AvgIpc) is 2.15. The average molecular weight is 237 g/mol. The smallest absolute Gasteiger partial charge is 0.293 e. The number of ketones is 1. The fourth-order valence-corrected chi connectivity index (χ4v) is 1.20. The van der Waals surface area contributed by atoms with Gasteiger partial charge < -0.3 is 0 Å². The standard InChI is InChI=1S/C10H8ClF3O/c1-6(11)9(15)7-3-2-4-8(5-7)10(12,13)14/h2-6H,1H3. The first-order valence-corrected chi connectivity index (χ1v) is 4.61. The topological polar surface area (TPSA) is 17.1 Å². The van der Waals surface area contributed by atoms with Crippen molar-refractivity contribution in [3.8, 4) is 0 Å². The van der Waals surface area contributed by atoms with Crippen molar-refractivity contribution in [2.24, 2.45) is 0 Å². The molecule has 82 valence electrons. The second-order valence-electron chi connectivity index (χ2n) is 3.06. The lowest BCUT2D eigenvalue weighted by Crippen LogP contribution is -2.12. The Morgan fingerprint density at radius 1 is 1.40 bits per heavy atom. The van der Waals surface area contributed by atoms with Crippen molar-refractivity contribution in [3.63, 3.8) is 0 Å². The molecule has 0 spiro atoms. The Morgan fingerprint density at radius 2 is 2.00 bits per heavy atom. The lowest BCUT2D eigenvalue weighted by atomic mass is 10.1. The summed E-state index contributed by atoms with van der Waals surface area (Å²) < 4.78 is 36.9. The van der Waals surface area contributed by atoms with Crippen molar-refractivity contribution < 1.29 is 18.0 Å². The van der Waals surface area contributed by atoms with Gasteiger partial charge in [0, 0.05) is 5.56 Å². The van der Waals surface area contributed by atoms with Crippen LogP contribution in [0.3, 0.4) is 0 Å². The van der Waals surface area contributed by atoms with Crippen LogP contribution in [0.5, 0.6) is 0 Å². The third-order valence-corrected chi connectivity index (χ3v) is 2.03. The maximum atomic E-state index is 12.3. The Morgan fingerprint density at radius 3 is 2.47 bits per heavy atom. The summed E-state index contributed by atoms with van der Waals surface area (Å²) in [4.78, 5) is 11.3. The van der Waals surface area contributed by atoms with Crippen LogP contribution in [0.15, 0.2) is 24.3 Å². The first-order chi connectivity index (χ1) is 6.82. The molecule has 1 rings (SSSR count). The number of Topliss-reactive ketones (excluding diaryl/α,β-unsaturated/α-hetero) is 1. The van der Waals surface area contributed by atoms with Gasteiger partial charge in [0.2, 0.25) is 0 Å². The van der Waals surface area contributed by atoms with Crippen LogP contribution in [0.1, 0.15) is 22.8 Å². The number of hydrogen-bond acceptors (Lipinski definition) is 1. The van der Waals surface area contributed by atoms with E-state index in [2.05, 4.69) is 0 Å². The van der Waals surface area contributed by atoms with Gasteiger partial charge in [-0.25, -0.2) is 0 Å². The second-order valence-corrected chi connectivity index (χ2v) is 3.71. The van der Waals surface area contributed by atoms with Gasteiger partial charge in [0.05, 0.1) is 10.9 Å². The van der Waals surface area contributed by atoms with Crippen molar-refractivity contribution in [1.29, 1.82) is 0 Å². The summed E-state index contributed by atoms with van der Waals surface area (Å²) >= 11 is 5.50. The molecule has 0 aromatic heterocycles. The number of benzene rings is 1. The Labute approximate surface area is 89.9 Å². The van der Waals surface area contributed by atoms with E-state index in [1.54, 1.807) is 0 Å². The molecule has 15 heavy (non-hydrogen) atoms. The summed E-state index contributed by atoms with van der Waals surface area (Å²) in [5.74, 6) is -0.511. The highest BCUT2D eigenvalue weighted by atomic mass is 35.5. The number of hydrogen-bond donors (Lipinski definition) is 0. The molecule has 1 aromatic carbocycles. The molecule has 1 unspecified atom stereocenters. The van der Waals surface area contributed by atoms with Crippen LogP contribution in [0.2, 0.25) is 0 Å². The minimum absolute atomic E-state index is 0.0210. The number of alkyl halides is 4. The molecule has 0 aliphatic carbocycles. The van der Waals surface area contributed by atoms with E-state index in [4.69, 9.17) is 11.6 Å². The van der Waals surface area contributed by atoms with Crippen LogP contribution in [-0.4, -0.2) is 11.2 Å². The van der Waals surface area contributed by atoms with E-state index in [0.717, 1.165) is 12.1 Å². The van der Waals surface area contributed by atoms with Crippen molar-refractivity contribution in [2.75, 3.05) is 0 Å². The van der Waals surface area contributed by atoms with Gasteiger partial charge in [0.15, 0.2) is 5.78 Å². The van der Waals surface area contributed by atoms with Gasteiger partial charge in [-0.15, -0.1) is 11.6 Å². The SMILES string of the molecule is CC(Cl)C(=O)c1cccc(C(F)(F)F)c1. The Balaban J connectivity index is 3.09. The zero-order valence-electron chi connectivity index (χ0n) is 7.81. The summed E-state index contributed by atoms with van der Waals surface area (Å²) in [5, 5.41) is -0.825. The molecule has 1 atom stereocenters. The van der Waals surface area contributed by atoms with Crippen LogP contribution >= 0.6 is 11.6 Å². The summed E-state index contributed by atoms with van der Waals surface area (Å²) in [5.41, 5.74) is -0.863. The molecule has 0 bridgehead atoms. The van der Waals surface area contributed by atoms with Crippen LogP contribution in [0.25, 0.3) is 0 Å². The lowest BCUT2D eigenvalue weighted by molar-refractivity contribution is -0.137. The van der Waals surface area contributed by atoms with Crippen LogP contribution in [-0.2, 0) is 6.18 Å². The van der Waals surface area contributed by atoms with E-state index in [0.29, 0.717) is 0 Å². The molecule has 0 fully saturated rings. The third-order valence-electron chi connectivity index (χ3n) is 1.84. The van der Waals surface area contributed by atoms with Crippen LogP contribution < -0.4 is 0 Å². The molecule has 0 saturated carbocycles. The van der Waals surface area contributed by atoms with Gasteiger partial charge in [-0.3, -0.25) is 4.79 Å². The zero-order chi connectivity index (χ0) is 11.6. The van der Waals surface area contributed by atoms with Gasteiger partial charge >= 0.3 is 6.18 Å². The van der Waals surface area contributed by atoms with Gasteiger partial charge in [0.1, 0.15) is 0 Å². The number of carbonyl (C=O) groups is 1. The second kappa shape index (κ2) is 4.23. The summed E-state index contributed by atoms with van der Waals surface area (Å²) in [6.45, 7) is 1.42. The van der Waals surface area contributed by atoms with Gasteiger partial charge in [0.25, 0.3) is 0 Å². The Bertz CT molecular complexity index is 371. The van der Waals surface area contributed by atoms with Crippen LogP contribution in [0.4, 0.5) is 13.2 Å². The first-order valence-electron chi connectivity index (χ1n) is 4.18. The molecule has 5 heteroatoms. The van der Waals surface area contributed by atoms with E-state index in [1.165, 1.54) is 19.1 Å². The number of rotatable bonds is 2. The monoisotopic (exact) mass is 236 g/mol. The summed E-state index contributed by atoms with van der Waals surface area (Å²) in [7, 11) is 0. The number of carbonyl (C=O) groups excluding carboxylic acids is 1. The lowest BCUT2D eigenvalue weighted by Gasteiger charge is -2.08. The van der Waals surface area contributed by atoms with Gasteiger partial charge in [-0.05, 0) is 19.1 Å². The predicted octanol–water partition coefficient (Wildman–Crippen LogP) is 3.52. The molecule has 0 heterocycles. The zero-order valence-corrected chi connectivity index (χ0v) is 8.56. The molecule has 0 aliphatic heterocycles. The molecule has 0 amide bonds. The van der Waals surface area contributed by atoms with E-state index in [1.807, 2.05) is 0 Å². The predicted molar refractivity (Wildman–Crippen MR) is 51.1 cm³/mol. The minimum atomic E-state index is -4.44. The van der Waals surface area contributed by atoms with Crippen molar-refractivity contribution in [1.82, 2.24) is 0 Å². The highest BCUT2D eigenvalue weighted by Gasteiger charge is 2.31. The van der Waals surface area contributed by atoms with Crippen LogP contribution in [0, 0.1) is 0 Å². The van der Waals surface area contributed by atoms with E-state index >= 15 is 0 Å². The van der Waals surface area contributed by atoms with E-state index in [-0.39, 0.29) is 5.56 Å². The molecular weight excluding hydrogens is 229 g/mol. The van der Waals surface area contributed by atoms with Gasteiger partial charge in [-0.1, -0.05) is 12.1 Å². The molecular formula is C10H8ClF3O. The fourth-order valence-electron chi connectivity index (χ4n) is 1.08. The highest BCUT2D eigenvalue weighted by molar-refractivity contribution is 6.33. The van der Waals surface area contributed by atoms with Crippen molar-refractivity contribution in [2.45, 2.75) is 18.5 Å². The molecule has 0 saturated heterocycles. The highest BCUT2D eigenvalue weighted by Crippen LogP contribution is 2.29. The van der Waals surface area contributed by atoms with E-state index in [9.17, 15) is 18.0 Å². The minimum Gasteiger partial charge on any atom is -0.293 e.